The van der Waals surface area contributed by atoms with Crippen molar-refractivity contribution in [2.75, 3.05) is 18.6 Å². The van der Waals surface area contributed by atoms with Gasteiger partial charge in [0.1, 0.15) is 5.69 Å². The molecule has 2 aromatic carbocycles. The molecule has 29 heavy (non-hydrogen) atoms. The van der Waals surface area contributed by atoms with E-state index in [-0.39, 0.29) is 34.7 Å². The zero-order valence-corrected chi connectivity index (χ0v) is 17.3. The third-order valence-electron chi connectivity index (χ3n) is 4.90. The number of hydrogen-bond acceptors (Lipinski definition) is 6. The maximum Gasteiger partial charge on any atom is 0.295 e. The summed E-state index contributed by atoms with van der Waals surface area (Å²) in [5.74, 6) is 0.492. The third kappa shape index (κ3) is 5.11. The molecule has 1 N–H and O–H groups in total. The Labute approximate surface area is 170 Å². The zero-order valence-electron chi connectivity index (χ0n) is 16.4. The van der Waals surface area contributed by atoms with Crippen LogP contribution in [0, 0.1) is 22.0 Å². The van der Waals surface area contributed by atoms with Crippen LogP contribution in [0.25, 0.3) is 0 Å². The van der Waals surface area contributed by atoms with Crippen LogP contribution in [0.4, 0.5) is 11.4 Å². The Bertz CT molecular complexity index is 955. The standard InChI is InChI=1S/C20H25N3O5S/c1-15-10-16(2)13-22(12-15)29(26,27)18-8-9-19(20(11-18)23(24)25)21-28-14-17-6-4-3-5-7-17/h3-9,11,15-16,21H,10,12-14H2,1-2H3/t15-,16+. The predicted octanol–water partition coefficient (Wildman–Crippen LogP) is 3.81. The molecule has 0 bridgehead atoms. The van der Waals surface area contributed by atoms with Gasteiger partial charge in [-0.3, -0.25) is 20.4 Å². The van der Waals surface area contributed by atoms with Crippen molar-refractivity contribution in [3.05, 3.63) is 64.2 Å². The van der Waals surface area contributed by atoms with E-state index in [1.54, 1.807) is 0 Å². The van der Waals surface area contributed by atoms with E-state index in [0.29, 0.717) is 13.1 Å². The Balaban J connectivity index is 1.79. The summed E-state index contributed by atoms with van der Waals surface area (Å²) in [6, 6.07) is 13.2. The highest BCUT2D eigenvalue weighted by molar-refractivity contribution is 7.89. The van der Waals surface area contributed by atoms with Crippen LogP contribution in [0.1, 0.15) is 25.8 Å². The van der Waals surface area contributed by atoms with Crippen LogP contribution >= 0.6 is 0 Å². The second-order valence-electron chi connectivity index (χ2n) is 7.58. The largest absolute Gasteiger partial charge is 0.295 e. The highest BCUT2D eigenvalue weighted by Crippen LogP contribution is 2.31. The number of hydrogen-bond donors (Lipinski definition) is 1. The van der Waals surface area contributed by atoms with Crippen molar-refractivity contribution in [1.82, 2.24) is 4.31 Å². The molecule has 2 aromatic rings. The number of nitrogens with one attached hydrogen (secondary N) is 1. The molecule has 1 heterocycles. The average Bonchev–Trinajstić information content (AvgIpc) is 2.68. The lowest BCUT2D eigenvalue weighted by Crippen LogP contribution is -2.42. The Kier molecular flexibility index (Phi) is 6.51. The number of nitro benzene ring substituents is 1. The van der Waals surface area contributed by atoms with Crippen molar-refractivity contribution in [2.24, 2.45) is 11.8 Å². The van der Waals surface area contributed by atoms with Crippen molar-refractivity contribution in [3.8, 4) is 0 Å². The van der Waals surface area contributed by atoms with Crippen molar-refractivity contribution >= 4 is 21.4 Å². The quantitative estimate of drug-likeness (QED) is 0.541. The molecule has 1 saturated heterocycles. The second kappa shape index (κ2) is 8.89. The summed E-state index contributed by atoms with van der Waals surface area (Å²) in [6.45, 7) is 5.07. The second-order valence-corrected chi connectivity index (χ2v) is 9.52. The minimum atomic E-state index is -3.80. The molecule has 8 nitrogen and oxygen atoms in total. The van der Waals surface area contributed by atoms with Crippen molar-refractivity contribution in [3.63, 3.8) is 0 Å². The topological polar surface area (TPSA) is 102 Å². The van der Waals surface area contributed by atoms with Gasteiger partial charge in [0.15, 0.2) is 0 Å². The SMILES string of the molecule is C[C@@H]1C[C@H](C)CN(S(=O)(=O)c2ccc(NOCc3ccccc3)c([N+](=O)[O-])c2)C1. The number of nitrogens with zero attached hydrogens (tertiary/aromatic N) is 2. The van der Waals surface area contributed by atoms with E-state index in [4.69, 9.17) is 4.84 Å². The molecule has 0 saturated carbocycles. The highest BCUT2D eigenvalue weighted by atomic mass is 32.2. The number of benzene rings is 2. The highest BCUT2D eigenvalue weighted by Gasteiger charge is 2.33. The van der Waals surface area contributed by atoms with E-state index >= 15 is 0 Å². The number of nitro groups is 1. The van der Waals surface area contributed by atoms with Gasteiger partial charge >= 0.3 is 0 Å². The predicted molar refractivity (Wildman–Crippen MR) is 110 cm³/mol. The van der Waals surface area contributed by atoms with E-state index in [9.17, 15) is 18.5 Å². The smallest absolute Gasteiger partial charge is 0.271 e. The van der Waals surface area contributed by atoms with Gasteiger partial charge < -0.3 is 0 Å². The fourth-order valence-electron chi connectivity index (χ4n) is 3.63. The molecule has 1 fully saturated rings. The molecule has 2 atom stereocenters. The molecule has 0 unspecified atom stereocenters. The van der Waals surface area contributed by atoms with E-state index < -0.39 is 14.9 Å². The van der Waals surface area contributed by atoms with Gasteiger partial charge in [-0.05, 0) is 36.0 Å². The molecule has 0 aromatic heterocycles. The number of sulfonamides is 1. The van der Waals surface area contributed by atoms with Gasteiger partial charge in [-0.2, -0.15) is 4.31 Å². The summed E-state index contributed by atoms with van der Waals surface area (Å²) in [6.07, 6.45) is 0.966. The molecule has 0 radical (unpaired) electrons. The number of anilines is 1. The summed E-state index contributed by atoms with van der Waals surface area (Å²) >= 11 is 0. The van der Waals surface area contributed by atoms with Crippen LogP contribution in [0.5, 0.6) is 0 Å². The molecule has 0 spiro atoms. The molecule has 1 aliphatic heterocycles. The molecule has 3 rings (SSSR count). The Morgan fingerprint density at radius 3 is 2.41 bits per heavy atom. The lowest BCUT2D eigenvalue weighted by Gasteiger charge is -2.34. The van der Waals surface area contributed by atoms with E-state index in [2.05, 4.69) is 5.48 Å². The molecule has 1 aliphatic rings. The Hall–Kier alpha value is -2.49. The van der Waals surface area contributed by atoms with Crippen LogP contribution in [0.2, 0.25) is 0 Å². The fraction of sp³-hybridized carbons (Fsp3) is 0.400. The minimum absolute atomic E-state index is 0.0842. The lowest BCUT2D eigenvalue weighted by atomic mass is 9.94. The van der Waals surface area contributed by atoms with Crippen LogP contribution in [0.15, 0.2) is 53.4 Å². The number of piperidine rings is 1. The summed E-state index contributed by atoms with van der Waals surface area (Å²) in [4.78, 5) is 16.2. The van der Waals surface area contributed by atoms with Gasteiger partial charge in [0.05, 0.1) is 16.4 Å². The average molecular weight is 420 g/mol. The first-order chi connectivity index (χ1) is 13.8. The maximum absolute atomic E-state index is 13.0. The summed E-state index contributed by atoms with van der Waals surface area (Å²) < 4.78 is 27.5. The van der Waals surface area contributed by atoms with Gasteiger partial charge in [-0.1, -0.05) is 44.2 Å². The first kappa shape index (κ1) is 21.2. The lowest BCUT2D eigenvalue weighted by molar-refractivity contribution is -0.384. The minimum Gasteiger partial charge on any atom is -0.271 e. The number of rotatable bonds is 7. The Morgan fingerprint density at radius 1 is 1.14 bits per heavy atom. The van der Waals surface area contributed by atoms with Crippen LogP contribution in [0.3, 0.4) is 0 Å². The molecule has 156 valence electrons. The Morgan fingerprint density at radius 2 is 1.79 bits per heavy atom. The van der Waals surface area contributed by atoms with E-state index in [0.717, 1.165) is 18.1 Å². The summed E-state index contributed by atoms with van der Waals surface area (Å²) in [7, 11) is -3.80. The van der Waals surface area contributed by atoms with E-state index in [1.807, 2.05) is 44.2 Å². The monoisotopic (exact) mass is 419 g/mol. The first-order valence-electron chi connectivity index (χ1n) is 9.47. The fourth-order valence-corrected chi connectivity index (χ4v) is 5.33. The molecular formula is C20H25N3O5S. The van der Waals surface area contributed by atoms with Gasteiger partial charge in [0, 0.05) is 19.2 Å². The summed E-state index contributed by atoms with van der Waals surface area (Å²) in [5, 5.41) is 11.5. The van der Waals surface area contributed by atoms with Gasteiger partial charge in [-0.25, -0.2) is 8.42 Å². The van der Waals surface area contributed by atoms with Crippen LogP contribution in [-0.2, 0) is 21.5 Å². The van der Waals surface area contributed by atoms with Gasteiger partial charge in [-0.15, -0.1) is 0 Å². The molecular weight excluding hydrogens is 394 g/mol. The van der Waals surface area contributed by atoms with Crippen molar-refractivity contribution in [1.29, 1.82) is 0 Å². The zero-order chi connectivity index (χ0) is 21.0. The molecule has 0 aliphatic carbocycles. The van der Waals surface area contributed by atoms with Crippen molar-refractivity contribution < 1.29 is 18.2 Å². The normalized spacial score (nSPS) is 20.3. The van der Waals surface area contributed by atoms with Crippen molar-refractivity contribution in [2.45, 2.75) is 31.8 Å². The molecule has 9 heteroatoms. The van der Waals surface area contributed by atoms with Crippen LogP contribution < -0.4 is 5.48 Å². The van der Waals surface area contributed by atoms with Crippen LogP contribution in [-0.4, -0.2) is 30.7 Å². The first-order valence-corrected chi connectivity index (χ1v) is 10.9. The van der Waals surface area contributed by atoms with Gasteiger partial charge in [0.2, 0.25) is 10.0 Å². The third-order valence-corrected chi connectivity index (χ3v) is 6.73. The summed E-state index contributed by atoms with van der Waals surface area (Å²) in [5.41, 5.74) is 3.22. The maximum atomic E-state index is 13.0. The van der Waals surface area contributed by atoms with E-state index in [1.165, 1.54) is 16.4 Å². The molecule has 0 amide bonds. The van der Waals surface area contributed by atoms with Gasteiger partial charge in [0.25, 0.3) is 5.69 Å².